The molecule has 20 nitrogen and oxygen atoms in total. The first kappa shape index (κ1) is 36.2. The average Bonchev–Trinajstić information content (AvgIpc) is 3.13. The number of carbonyl (C=O) groups is 9. The molecule has 4 rings (SSSR count). The fourth-order valence-corrected chi connectivity index (χ4v) is 8.23. The summed E-state index contributed by atoms with van der Waals surface area (Å²) in [5, 5.41) is 14.9. The van der Waals surface area contributed by atoms with Crippen molar-refractivity contribution in [1.29, 1.82) is 0 Å². The molecule has 0 aromatic heterocycles. The number of likely N-dealkylation sites (N-methyl/N-ethyl adjacent to an activating group) is 1. The van der Waals surface area contributed by atoms with Crippen LogP contribution in [-0.2, 0) is 48.2 Å². The van der Waals surface area contributed by atoms with Gasteiger partial charge in [-0.1, -0.05) is 6.07 Å². The highest BCUT2D eigenvalue weighted by Gasteiger charge is 2.81. The zero-order valence-corrected chi connectivity index (χ0v) is 27.5. The summed E-state index contributed by atoms with van der Waals surface area (Å²) in [7, 11) is -4.66. The molecule has 7 amide bonds. The lowest BCUT2D eigenvalue weighted by Gasteiger charge is -2.48. The van der Waals surface area contributed by atoms with Gasteiger partial charge >= 0.3 is 35.8 Å². The Hall–Kier alpha value is -5.60. The van der Waals surface area contributed by atoms with Crippen LogP contribution in [0, 0.1) is 0 Å². The van der Waals surface area contributed by atoms with Crippen LogP contribution < -0.4 is 25.4 Å². The van der Waals surface area contributed by atoms with Gasteiger partial charge in [-0.25, -0.2) is 18.0 Å². The number of carboxylic acid groups (broad SMARTS) is 1. The van der Waals surface area contributed by atoms with Crippen molar-refractivity contribution in [2.45, 2.75) is 62.5 Å². The van der Waals surface area contributed by atoms with E-state index < -0.39 is 91.0 Å². The number of carbonyl (C=O) groups excluding carboxylic acids is 8. The normalized spacial score (nSPS) is 24.2. The molecule has 21 heteroatoms. The minimum atomic E-state index is -4.66. The molecular formula is C28H32N6O14S. The van der Waals surface area contributed by atoms with Crippen molar-refractivity contribution < 1.29 is 66.1 Å². The number of aliphatic carboxylic acids is 1. The third-order valence-corrected chi connectivity index (χ3v) is 11.3. The van der Waals surface area contributed by atoms with Gasteiger partial charge in [0.05, 0.1) is 0 Å². The Morgan fingerprint density at radius 3 is 2.18 bits per heavy atom. The van der Waals surface area contributed by atoms with Crippen LogP contribution >= 0.6 is 0 Å². The molecule has 4 N–H and O–H groups in total. The van der Waals surface area contributed by atoms with Gasteiger partial charge in [0.1, 0.15) is 16.8 Å². The van der Waals surface area contributed by atoms with Gasteiger partial charge in [0.2, 0.25) is 18.0 Å². The lowest BCUT2D eigenvalue weighted by Crippen LogP contribution is -2.80. The van der Waals surface area contributed by atoms with Crippen molar-refractivity contribution in [3.63, 3.8) is 0 Å². The molecule has 0 saturated carbocycles. The highest BCUT2D eigenvalue weighted by Crippen LogP contribution is 2.51. The molecule has 3 saturated heterocycles. The van der Waals surface area contributed by atoms with Crippen LogP contribution in [0.25, 0.3) is 0 Å². The molecular weight excluding hydrogens is 676 g/mol. The van der Waals surface area contributed by atoms with Gasteiger partial charge in [-0.05, 0) is 38.5 Å². The summed E-state index contributed by atoms with van der Waals surface area (Å²) in [4.78, 5) is 116. The number of imide groups is 1. The molecule has 4 atom stereocenters. The van der Waals surface area contributed by atoms with Gasteiger partial charge in [-0.15, -0.1) is 0 Å². The predicted molar refractivity (Wildman–Crippen MR) is 159 cm³/mol. The molecule has 0 aliphatic carbocycles. The number of amides is 7. The Kier molecular flexibility index (Phi) is 9.45. The number of fused-ring (bicyclic) bond motifs is 1. The number of nitrogens with zero attached hydrogens (tertiary/aromatic N) is 3. The molecule has 0 spiro atoms. The van der Waals surface area contributed by atoms with E-state index in [0.29, 0.717) is 9.80 Å². The van der Waals surface area contributed by atoms with Crippen LogP contribution in [-0.4, -0.2) is 124 Å². The van der Waals surface area contributed by atoms with E-state index in [1.54, 1.807) is 6.92 Å². The number of rotatable bonds is 10. The summed E-state index contributed by atoms with van der Waals surface area (Å²) in [6.45, 7) is 5.34. The number of carboxylic acids is 1. The van der Waals surface area contributed by atoms with Gasteiger partial charge in [0, 0.05) is 33.5 Å². The fourth-order valence-electron chi connectivity index (χ4n) is 5.89. The van der Waals surface area contributed by atoms with Crippen LogP contribution in [0.15, 0.2) is 18.2 Å². The maximum Gasteiger partial charge on any atom is 0.352 e. The van der Waals surface area contributed by atoms with E-state index in [1.165, 1.54) is 4.90 Å². The van der Waals surface area contributed by atoms with E-state index in [-0.39, 0.29) is 37.4 Å². The standard InChI is InChI=1S/C28H32N6O14S/c1-6-32-9-10-33(23(41)22(32)40)26(44)30-18(15-7-8-16(47-13(2)36)17(11-15)48-14(3)37)20(38)31-28(25(42)43)27(4,5)49(45,46)24-19(29-12-35)21(39)34(24)28/h7-8,11-12,18-19,24H,6,9-10H2,1-5H3,(H,29,35)(H,30,44)(H,31,38)(H,42,43)/t18?,19-,24-,28+/m1/s1. The summed E-state index contributed by atoms with van der Waals surface area (Å²) in [5.74, 6) is -9.34. The molecule has 264 valence electrons. The van der Waals surface area contributed by atoms with Crippen molar-refractivity contribution in [2.24, 2.45) is 0 Å². The van der Waals surface area contributed by atoms with Crippen LogP contribution in [0.4, 0.5) is 4.79 Å². The minimum Gasteiger partial charge on any atom is -0.478 e. The topological polar surface area (TPSA) is 272 Å². The number of esters is 2. The van der Waals surface area contributed by atoms with E-state index in [2.05, 4.69) is 10.6 Å². The quantitative estimate of drug-likeness (QED) is 0.0637. The molecule has 0 bridgehead atoms. The Bertz CT molecular complexity index is 1790. The Labute approximate surface area is 277 Å². The average molecular weight is 709 g/mol. The summed E-state index contributed by atoms with van der Waals surface area (Å²) < 4.78 is 34.9. The Morgan fingerprint density at radius 1 is 1.02 bits per heavy atom. The van der Waals surface area contributed by atoms with Crippen molar-refractivity contribution in [3.05, 3.63) is 23.8 Å². The molecule has 1 aromatic rings. The first-order valence-electron chi connectivity index (χ1n) is 14.5. The zero-order chi connectivity index (χ0) is 36.8. The lowest BCUT2D eigenvalue weighted by molar-refractivity contribution is -0.176. The number of benzene rings is 1. The van der Waals surface area contributed by atoms with Crippen LogP contribution in [0.1, 0.15) is 46.2 Å². The number of piperazine rings is 1. The van der Waals surface area contributed by atoms with E-state index in [4.69, 9.17) is 9.47 Å². The summed E-state index contributed by atoms with van der Waals surface area (Å²) in [6, 6.07) is -1.88. The molecule has 3 aliphatic heterocycles. The summed E-state index contributed by atoms with van der Waals surface area (Å²) in [6.07, 6.45) is 0.0554. The van der Waals surface area contributed by atoms with Crippen molar-refractivity contribution >= 4 is 63.8 Å². The maximum atomic E-state index is 14.2. The molecule has 3 fully saturated rings. The number of β-lactam (4-membered cyclic amide) rings is 1. The number of sulfone groups is 1. The van der Waals surface area contributed by atoms with Gasteiger partial charge in [-0.2, -0.15) is 0 Å². The first-order chi connectivity index (χ1) is 22.8. The number of hydrogen-bond acceptors (Lipinski definition) is 13. The second kappa shape index (κ2) is 12.8. The van der Waals surface area contributed by atoms with Gasteiger partial charge in [0.15, 0.2) is 26.7 Å². The van der Waals surface area contributed by atoms with E-state index in [1.807, 2.05) is 5.32 Å². The molecule has 1 aromatic carbocycles. The van der Waals surface area contributed by atoms with Crippen LogP contribution in [0.5, 0.6) is 11.5 Å². The van der Waals surface area contributed by atoms with E-state index in [9.17, 15) is 56.7 Å². The second-order valence-electron chi connectivity index (χ2n) is 11.5. The lowest BCUT2D eigenvalue weighted by atomic mass is 9.88. The second-order valence-corrected chi connectivity index (χ2v) is 14.1. The third-order valence-electron chi connectivity index (χ3n) is 8.44. The minimum absolute atomic E-state index is 0.0539. The SMILES string of the molecule is CCN1CCN(C(=O)NC(C(=O)N[C@@]2(C(=O)O)N3C(=O)[C@@H](NC=O)[C@H]3S(=O)(=O)C2(C)C)c2ccc(OC(C)=O)c(OC(C)=O)c2)C(=O)C1=O. The van der Waals surface area contributed by atoms with Crippen molar-refractivity contribution in [3.8, 4) is 11.5 Å². The predicted octanol–water partition coefficient (Wildman–Crippen LogP) is -2.63. The van der Waals surface area contributed by atoms with Crippen LogP contribution in [0.3, 0.4) is 0 Å². The number of urea groups is 1. The number of ether oxygens (including phenoxy) is 2. The van der Waals surface area contributed by atoms with Gasteiger partial charge < -0.3 is 35.4 Å². The summed E-state index contributed by atoms with van der Waals surface area (Å²) in [5.41, 5.74) is -3.31. The number of hydrogen-bond donors (Lipinski definition) is 4. The molecule has 49 heavy (non-hydrogen) atoms. The number of nitrogens with one attached hydrogen (secondary N) is 3. The van der Waals surface area contributed by atoms with Crippen molar-refractivity contribution in [2.75, 3.05) is 19.6 Å². The highest BCUT2D eigenvalue weighted by molar-refractivity contribution is 7.94. The first-order valence-corrected chi connectivity index (χ1v) is 16.1. The van der Waals surface area contributed by atoms with Gasteiger partial charge in [0.25, 0.3) is 5.91 Å². The monoisotopic (exact) mass is 708 g/mol. The van der Waals surface area contributed by atoms with Crippen LogP contribution in [0.2, 0.25) is 0 Å². The molecule has 0 radical (unpaired) electrons. The maximum absolute atomic E-state index is 14.2. The Morgan fingerprint density at radius 2 is 1.63 bits per heavy atom. The molecule has 3 heterocycles. The van der Waals surface area contributed by atoms with E-state index in [0.717, 1.165) is 45.9 Å². The zero-order valence-electron chi connectivity index (χ0n) is 26.7. The largest absolute Gasteiger partial charge is 0.478 e. The molecule has 3 aliphatic rings. The van der Waals surface area contributed by atoms with Crippen molar-refractivity contribution in [1.82, 2.24) is 30.7 Å². The summed E-state index contributed by atoms with van der Waals surface area (Å²) >= 11 is 0. The fraction of sp³-hybridized carbons (Fsp3) is 0.464. The third kappa shape index (κ3) is 5.68. The van der Waals surface area contributed by atoms with Gasteiger partial charge in [-0.3, -0.25) is 43.4 Å². The Balaban J connectivity index is 1.83. The highest BCUT2D eigenvalue weighted by atomic mass is 32.2. The molecule has 1 unspecified atom stereocenters. The van der Waals surface area contributed by atoms with E-state index >= 15 is 0 Å². The smallest absolute Gasteiger partial charge is 0.352 e.